The van der Waals surface area contributed by atoms with Gasteiger partial charge in [0.15, 0.2) is 15.6 Å². The zero-order chi connectivity index (χ0) is 15.4. The zero-order valence-electron chi connectivity index (χ0n) is 13.5. The van der Waals surface area contributed by atoms with Gasteiger partial charge in [0.25, 0.3) is 0 Å². The predicted molar refractivity (Wildman–Crippen MR) is 95.5 cm³/mol. The minimum Gasteiger partial charge on any atom is -0.297 e. The maximum absolute atomic E-state index is 12.8. The van der Waals surface area contributed by atoms with Crippen LogP contribution in [0.15, 0.2) is 0 Å². The summed E-state index contributed by atoms with van der Waals surface area (Å²) in [6.07, 6.45) is 14.5. The Hall–Kier alpha value is 0.0400. The van der Waals surface area contributed by atoms with E-state index in [4.69, 9.17) is 0 Å². The molecule has 3 aliphatic rings. The maximum atomic E-state index is 12.8. The van der Waals surface area contributed by atoms with E-state index in [0.717, 1.165) is 6.42 Å². The van der Waals surface area contributed by atoms with Gasteiger partial charge in [0.1, 0.15) is 0 Å². The molecule has 0 bridgehead atoms. The molecule has 0 atom stereocenters. The van der Waals surface area contributed by atoms with Gasteiger partial charge in [-0.3, -0.25) is 9.59 Å². The number of Topliss-reactive ketones (excluding diaryl/α,β-unsaturated/α-hetero) is 2. The summed E-state index contributed by atoms with van der Waals surface area (Å²) in [6, 6.07) is 0. The third-order valence-electron chi connectivity index (χ3n) is 5.31. The fraction of sp³-hybridized carbons (Fsp3) is 0.889. The monoisotopic (exact) mass is 340 g/mol. The van der Waals surface area contributed by atoms with Crippen molar-refractivity contribution < 1.29 is 9.59 Å². The van der Waals surface area contributed by atoms with Crippen molar-refractivity contribution in [1.82, 2.24) is 0 Å². The Morgan fingerprint density at radius 3 is 1.45 bits per heavy atom. The van der Waals surface area contributed by atoms with E-state index in [-0.39, 0.29) is 11.6 Å². The van der Waals surface area contributed by atoms with Crippen LogP contribution in [0.1, 0.15) is 83.5 Å². The molecule has 4 heteroatoms. The summed E-state index contributed by atoms with van der Waals surface area (Å²) >= 11 is 3.53. The molecule has 0 N–H and O–H groups in total. The third-order valence-corrected chi connectivity index (χ3v) is 9.07. The van der Waals surface area contributed by atoms with E-state index in [0.29, 0.717) is 23.3 Å². The second kappa shape index (κ2) is 7.74. The fourth-order valence-corrected chi connectivity index (χ4v) is 8.07. The van der Waals surface area contributed by atoms with Crippen LogP contribution >= 0.6 is 23.5 Å². The van der Waals surface area contributed by atoms with E-state index >= 15 is 0 Å². The molecule has 22 heavy (non-hydrogen) atoms. The van der Waals surface area contributed by atoms with Gasteiger partial charge in [0, 0.05) is 23.3 Å². The molecule has 0 aromatic carbocycles. The number of carbonyl (C=O) groups excluding carboxylic acids is 2. The van der Waals surface area contributed by atoms with Crippen LogP contribution in [0.2, 0.25) is 0 Å². The molecule has 3 rings (SSSR count). The second-order valence-electron chi connectivity index (χ2n) is 7.07. The van der Waals surface area contributed by atoms with Crippen LogP contribution in [0, 0.1) is 0 Å². The minimum absolute atomic E-state index is 0.231. The van der Waals surface area contributed by atoms with Gasteiger partial charge in [-0.1, -0.05) is 38.5 Å². The van der Waals surface area contributed by atoms with Crippen molar-refractivity contribution >= 4 is 35.1 Å². The Morgan fingerprint density at radius 1 is 0.636 bits per heavy atom. The molecule has 0 heterocycles. The zero-order valence-corrected chi connectivity index (χ0v) is 15.1. The molecule has 0 aliphatic heterocycles. The third kappa shape index (κ3) is 3.75. The molecular formula is C18H28O2S2. The molecule has 0 unspecified atom stereocenters. The minimum atomic E-state index is -0.734. The summed E-state index contributed by atoms with van der Waals surface area (Å²) in [4.78, 5) is 25.6. The van der Waals surface area contributed by atoms with Crippen LogP contribution in [-0.4, -0.2) is 26.1 Å². The number of rotatable bonds is 4. The first-order valence-corrected chi connectivity index (χ1v) is 10.9. The number of hydrogen-bond donors (Lipinski definition) is 0. The highest BCUT2D eigenvalue weighted by atomic mass is 32.2. The fourth-order valence-electron chi connectivity index (χ4n) is 4.02. The highest BCUT2D eigenvalue weighted by Gasteiger charge is 2.50. The van der Waals surface area contributed by atoms with Gasteiger partial charge in [0.2, 0.25) is 0 Å². The van der Waals surface area contributed by atoms with Crippen molar-refractivity contribution in [3.05, 3.63) is 0 Å². The summed E-state index contributed by atoms with van der Waals surface area (Å²) in [6.45, 7) is 0. The number of ketones is 2. The van der Waals surface area contributed by atoms with E-state index < -0.39 is 4.08 Å². The van der Waals surface area contributed by atoms with E-state index in [1.54, 1.807) is 23.5 Å². The van der Waals surface area contributed by atoms with Gasteiger partial charge in [0.05, 0.1) is 0 Å². The molecule has 0 aromatic rings. The van der Waals surface area contributed by atoms with Crippen LogP contribution in [0.4, 0.5) is 0 Å². The number of thioether (sulfide) groups is 2. The lowest BCUT2D eigenvalue weighted by Crippen LogP contribution is -2.46. The van der Waals surface area contributed by atoms with Gasteiger partial charge in [-0.25, -0.2) is 0 Å². The van der Waals surface area contributed by atoms with Gasteiger partial charge in [-0.2, -0.15) is 0 Å². The van der Waals surface area contributed by atoms with Crippen LogP contribution in [0.25, 0.3) is 0 Å². The van der Waals surface area contributed by atoms with E-state index in [2.05, 4.69) is 0 Å². The van der Waals surface area contributed by atoms with Crippen molar-refractivity contribution in [2.24, 2.45) is 0 Å². The quantitative estimate of drug-likeness (QED) is 0.524. The molecule has 2 nitrogen and oxygen atoms in total. The van der Waals surface area contributed by atoms with E-state index in [1.165, 1.54) is 64.2 Å². The molecule has 3 fully saturated rings. The first kappa shape index (κ1) is 16.9. The van der Waals surface area contributed by atoms with Gasteiger partial charge in [-0.15, -0.1) is 23.5 Å². The van der Waals surface area contributed by atoms with Crippen LogP contribution in [0.5, 0.6) is 0 Å². The molecule has 3 saturated carbocycles. The Morgan fingerprint density at radius 2 is 1.05 bits per heavy atom. The van der Waals surface area contributed by atoms with Crippen molar-refractivity contribution in [3.63, 3.8) is 0 Å². The van der Waals surface area contributed by atoms with Gasteiger partial charge in [-0.05, 0) is 32.1 Å². The predicted octanol–water partition coefficient (Wildman–Crippen LogP) is 5.14. The van der Waals surface area contributed by atoms with Crippen molar-refractivity contribution in [2.75, 3.05) is 0 Å². The van der Waals surface area contributed by atoms with Crippen molar-refractivity contribution in [3.8, 4) is 0 Å². The lowest BCUT2D eigenvalue weighted by molar-refractivity contribution is -0.129. The molecule has 0 radical (unpaired) electrons. The molecule has 0 amide bonds. The molecule has 3 aliphatic carbocycles. The number of hydrogen-bond acceptors (Lipinski definition) is 4. The lowest BCUT2D eigenvalue weighted by Gasteiger charge is -2.39. The van der Waals surface area contributed by atoms with Gasteiger partial charge >= 0.3 is 0 Å². The normalized spacial score (nSPS) is 28.0. The summed E-state index contributed by atoms with van der Waals surface area (Å²) in [5.41, 5.74) is 0. The highest BCUT2D eigenvalue weighted by molar-refractivity contribution is 8.21. The van der Waals surface area contributed by atoms with E-state index in [9.17, 15) is 9.59 Å². The number of carbonyl (C=O) groups is 2. The Kier molecular flexibility index (Phi) is 5.94. The summed E-state index contributed by atoms with van der Waals surface area (Å²) in [5, 5.41) is 1.05. The van der Waals surface area contributed by atoms with Crippen LogP contribution in [-0.2, 0) is 9.59 Å². The Balaban J connectivity index is 1.76. The van der Waals surface area contributed by atoms with Crippen LogP contribution in [0.3, 0.4) is 0 Å². The summed E-state index contributed by atoms with van der Waals surface area (Å²) in [7, 11) is 0. The standard InChI is InChI=1S/C18H28O2S2/c19-16-12-7-13-17(20)18(16,21-14-8-3-1-4-9-14)22-15-10-5-2-6-11-15/h14-15H,1-13H2. The van der Waals surface area contributed by atoms with Crippen molar-refractivity contribution in [1.29, 1.82) is 0 Å². The lowest BCUT2D eigenvalue weighted by atomic mass is 9.96. The Bertz CT molecular complexity index is 371. The smallest absolute Gasteiger partial charge is 0.178 e. The van der Waals surface area contributed by atoms with Crippen LogP contribution < -0.4 is 0 Å². The highest BCUT2D eigenvalue weighted by Crippen LogP contribution is 2.51. The molecule has 0 spiro atoms. The average molecular weight is 341 g/mol. The van der Waals surface area contributed by atoms with E-state index in [1.807, 2.05) is 0 Å². The average Bonchev–Trinajstić information content (AvgIpc) is 2.54. The summed E-state index contributed by atoms with van der Waals surface area (Å²) < 4.78 is -0.734. The first-order chi connectivity index (χ1) is 10.7. The largest absolute Gasteiger partial charge is 0.297 e. The molecule has 0 saturated heterocycles. The second-order valence-corrected chi connectivity index (χ2v) is 10.4. The molecule has 124 valence electrons. The maximum Gasteiger partial charge on any atom is 0.178 e. The van der Waals surface area contributed by atoms with Gasteiger partial charge < -0.3 is 0 Å². The SMILES string of the molecule is O=C1CCCC(=O)C1(SC1CCCCC1)SC1CCCCC1. The molecular weight excluding hydrogens is 312 g/mol. The van der Waals surface area contributed by atoms with Crippen molar-refractivity contribution in [2.45, 2.75) is 98.0 Å². The topological polar surface area (TPSA) is 34.1 Å². The summed E-state index contributed by atoms with van der Waals surface area (Å²) in [5.74, 6) is 0.463. The Labute approximate surface area is 142 Å². The first-order valence-electron chi connectivity index (χ1n) is 9.13. The molecule has 0 aromatic heterocycles.